The van der Waals surface area contributed by atoms with Gasteiger partial charge in [-0.2, -0.15) is 0 Å². The Morgan fingerprint density at radius 2 is 1.73 bits per heavy atom. The van der Waals surface area contributed by atoms with Gasteiger partial charge in [0.15, 0.2) is 13.6 Å². The van der Waals surface area contributed by atoms with E-state index < -0.39 is 13.6 Å². The van der Waals surface area contributed by atoms with Gasteiger partial charge in [0, 0.05) is 0 Å². The Labute approximate surface area is 66.0 Å². The van der Waals surface area contributed by atoms with Crippen LogP contribution in [0.25, 0.3) is 0 Å². The zero-order valence-corrected chi connectivity index (χ0v) is 6.69. The lowest BCUT2D eigenvalue weighted by atomic mass is 10.3. The maximum absolute atomic E-state index is 8.34. The first kappa shape index (κ1) is 10.8. The predicted octanol–water partition coefficient (Wildman–Crippen LogP) is -0.149. The Kier molecular flexibility index (Phi) is 7.76. The van der Waals surface area contributed by atoms with Gasteiger partial charge in [0.05, 0.1) is 6.54 Å². The summed E-state index contributed by atoms with van der Waals surface area (Å²) in [5.41, 5.74) is 0. The number of aliphatic hydroxyl groups excluding tert-OH is 2. The fourth-order valence-corrected chi connectivity index (χ4v) is 0.582. The average molecular weight is 165 g/mol. The van der Waals surface area contributed by atoms with Crippen molar-refractivity contribution in [3.8, 4) is 0 Å². The van der Waals surface area contributed by atoms with Crippen LogP contribution in [0.1, 0.15) is 19.8 Å². The van der Waals surface area contributed by atoms with E-state index in [2.05, 4.69) is 9.68 Å². The van der Waals surface area contributed by atoms with Gasteiger partial charge in [0.2, 0.25) is 0 Å². The van der Waals surface area contributed by atoms with Crippen LogP contribution in [0.2, 0.25) is 0 Å². The Balaban J connectivity index is 3.34. The molecular formula is C6H15NO4. The first-order valence-electron chi connectivity index (χ1n) is 3.60. The van der Waals surface area contributed by atoms with Gasteiger partial charge in [-0.1, -0.05) is 18.6 Å². The monoisotopic (exact) mass is 165 g/mol. The highest BCUT2D eigenvalue weighted by Gasteiger charge is 2.02. The molecule has 0 aliphatic rings. The van der Waals surface area contributed by atoms with E-state index in [-0.39, 0.29) is 0 Å². The third-order valence-electron chi connectivity index (χ3n) is 1.10. The summed E-state index contributed by atoms with van der Waals surface area (Å²) in [6.07, 6.45) is 1.89. The van der Waals surface area contributed by atoms with Gasteiger partial charge < -0.3 is 10.2 Å². The van der Waals surface area contributed by atoms with Gasteiger partial charge in [0.1, 0.15) is 0 Å². The van der Waals surface area contributed by atoms with Gasteiger partial charge in [0.25, 0.3) is 0 Å². The topological polar surface area (TPSA) is 62.2 Å². The van der Waals surface area contributed by atoms with Crippen LogP contribution in [0, 0.1) is 0 Å². The molecule has 0 saturated carbocycles. The van der Waals surface area contributed by atoms with E-state index in [0.29, 0.717) is 6.54 Å². The molecule has 0 amide bonds. The molecule has 0 unspecified atom stereocenters. The highest BCUT2D eigenvalue weighted by atomic mass is 17.0. The number of hydrogen-bond acceptors (Lipinski definition) is 5. The third kappa shape index (κ3) is 6.21. The number of hydrogen-bond donors (Lipinski definition) is 2. The standard InChI is InChI=1S/C6H15NO4/c1-2-3-4-7(10-5-8)11-6-9/h8-9H,2-6H2,1H3. The van der Waals surface area contributed by atoms with Crippen LogP contribution in [0.15, 0.2) is 0 Å². The minimum absolute atomic E-state index is 0.441. The van der Waals surface area contributed by atoms with Crippen LogP contribution in [0.5, 0.6) is 0 Å². The number of hydroxylamine groups is 2. The molecule has 2 N–H and O–H groups in total. The minimum atomic E-state index is -0.441. The summed E-state index contributed by atoms with van der Waals surface area (Å²) >= 11 is 0. The molecule has 0 bridgehead atoms. The molecular weight excluding hydrogens is 150 g/mol. The van der Waals surface area contributed by atoms with Crippen LogP contribution in [-0.2, 0) is 9.68 Å². The Bertz CT molecular complexity index is 75.0. The lowest BCUT2D eigenvalue weighted by Gasteiger charge is -2.17. The van der Waals surface area contributed by atoms with Crippen molar-refractivity contribution >= 4 is 0 Å². The second-order valence-corrected chi connectivity index (χ2v) is 1.93. The molecule has 0 aliphatic carbocycles. The highest BCUT2D eigenvalue weighted by molar-refractivity contribution is 4.33. The molecule has 0 rings (SSSR count). The van der Waals surface area contributed by atoms with Gasteiger partial charge in [-0.25, -0.2) is 9.68 Å². The zero-order valence-electron chi connectivity index (χ0n) is 6.69. The number of unbranched alkanes of at least 4 members (excludes halogenated alkanes) is 1. The minimum Gasteiger partial charge on any atom is -0.369 e. The fraction of sp³-hybridized carbons (Fsp3) is 1.00. The molecule has 0 heterocycles. The summed E-state index contributed by atoms with van der Waals surface area (Å²) in [5.74, 6) is 0. The second kappa shape index (κ2) is 7.90. The van der Waals surface area contributed by atoms with Gasteiger partial charge in [-0.15, -0.1) is 0 Å². The molecule has 5 nitrogen and oxygen atoms in total. The molecule has 11 heavy (non-hydrogen) atoms. The summed E-state index contributed by atoms with van der Waals surface area (Å²) in [6, 6.07) is 0. The number of nitrogens with zero attached hydrogens (tertiary/aromatic N) is 1. The maximum Gasteiger partial charge on any atom is 0.166 e. The van der Waals surface area contributed by atoms with E-state index in [1.807, 2.05) is 6.92 Å². The quantitative estimate of drug-likeness (QED) is 0.406. The second-order valence-electron chi connectivity index (χ2n) is 1.93. The summed E-state index contributed by atoms with van der Waals surface area (Å²) in [5, 5.41) is 17.7. The van der Waals surface area contributed by atoms with Crippen LogP contribution in [0.3, 0.4) is 0 Å². The molecule has 0 saturated heterocycles. The van der Waals surface area contributed by atoms with Crippen molar-refractivity contribution in [1.82, 2.24) is 5.23 Å². The van der Waals surface area contributed by atoms with Crippen molar-refractivity contribution in [3.05, 3.63) is 0 Å². The van der Waals surface area contributed by atoms with Crippen LogP contribution in [0.4, 0.5) is 0 Å². The van der Waals surface area contributed by atoms with E-state index in [0.717, 1.165) is 18.1 Å². The fourth-order valence-electron chi connectivity index (χ4n) is 0.582. The van der Waals surface area contributed by atoms with Crippen LogP contribution in [-0.4, -0.2) is 35.6 Å². The van der Waals surface area contributed by atoms with Crippen molar-refractivity contribution in [2.75, 3.05) is 20.1 Å². The summed E-state index contributed by atoms with van der Waals surface area (Å²) in [4.78, 5) is 9.18. The van der Waals surface area contributed by atoms with Crippen molar-refractivity contribution < 1.29 is 19.9 Å². The van der Waals surface area contributed by atoms with Crippen molar-refractivity contribution in [3.63, 3.8) is 0 Å². The van der Waals surface area contributed by atoms with E-state index in [1.54, 1.807) is 0 Å². The third-order valence-corrected chi connectivity index (χ3v) is 1.10. The Morgan fingerprint density at radius 1 is 1.18 bits per heavy atom. The Hall–Kier alpha value is -0.200. The highest BCUT2D eigenvalue weighted by Crippen LogP contribution is 1.95. The Morgan fingerprint density at radius 3 is 2.09 bits per heavy atom. The zero-order chi connectivity index (χ0) is 8.53. The van der Waals surface area contributed by atoms with Crippen molar-refractivity contribution in [1.29, 1.82) is 0 Å². The van der Waals surface area contributed by atoms with E-state index >= 15 is 0 Å². The van der Waals surface area contributed by atoms with E-state index in [4.69, 9.17) is 10.2 Å². The molecule has 5 heteroatoms. The molecule has 0 atom stereocenters. The van der Waals surface area contributed by atoms with Crippen molar-refractivity contribution in [2.24, 2.45) is 0 Å². The summed E-state index contributed by atoms with van der Waals surface area (Å²) in [7, 11) is 0. The molecule has 0 aromatic heterocycles. The van der Waals surface area contributed by atoms with Crippen LogP contribution < -0.4 is 0 Å². The number of aliphatic hydroxyl groups is 2. The SMILES string of the molecule is CCCCN(OCO)OCO. The number of rotatable bonds is 7. The molecule has 0 fully saturated rings. The van der Waals surface area contributed by atoms with Crippen molar-refractivity contribution in [2.45, 2.75) is 19.8 Å². The normalized spacial score (nSPS) is 10.9. The largest absolute Gasteiger partial charge is 0.369 e. The molecule has 0 aromatic carbocycles. The first-order valence-corrected chi connectivity index (χ1v) is 3.60. The van der Waals surface area contributed by atoms with Gasteiger partial charge in [-0.05, 0) is 6.42 Å². The molecule has 0 radical (unpaired) electrons. The van der Waals surface area contributed by atoms with Crippen LogP contribution >= 0.6 is 0 Å². The van der Waals surface area contributed by atoms with E-state index in [9.17, 15) is 0 Å². The lowest BCUT2D eigenvalue weighted by Crippen LogP contribution is -2.26. The summed E-state index contributed by atoms with van der Waals surface area (Å²) < 4.78 is 0. The smallest absolute Gasteiger partial charge is 0.166 e. The predicted molar refractivity (Wildman–Crippen MR) is 38.0 cm³/mol. The molecule has 0 aromatic rings. The first-order chi connectivity index (χ1) is 5.35. The van der Waals surface area contributed by atoms with Gasteiger partial charge >= 0.3 is 0 Å². The lowest BCUT2D eigenvalue weighted by molar-refractivity contribution is -0.403. The average Bonchev–Trinajstić information content (AvgIpc) is 2.01. The van der Waals surface area contributed by atoms with E-state index in [1.165, 1.54) is 0 Å². The molecule has 0 spiro atoms. The maximum atomic E-state index is 8.34. The molecule has 68 valence electrons. The van der Waals surface area contributed by atoms with Gasteiger partial charge in [-0.3, -0.25) is 0 Å². The summed E-state index contributed by atoms with van der Waals surface area (Å²) in [6.45, 7) is 1.68. The molecule has 0 aliphatic heterocycles.